The molecule has 102 valence electrons. The Kier molecular flexibility index (Phi) is 4.37. The lowest BCUT2D eigenvalue weighted by Gasteiger charge is -2.42. The molecule has 0 bridgehead atoms. The number of hydrogen-bond acceptors (Lipinski definition) is 4. The maximum atomic E-state index is 6.11. The van der Waals surface area contributed by atoms with E-state index >= 15 is 0 Å². The fourth-order valence-electron chi connectivity index (χ4n) is 2.84. The van der Waals surface area contributed by atoms with Gasteiger partial charge in [0.05, 0.1) is 17.8 Å². The van der Waals surface area contributed by atoms with E-state index in [9.17, 15) is 0 Å². The molecule has 0 radical (unpaired) electrons. The number of hydrogen-bond donors (Lipinski definition) is 1. The normalized spacial score (nSPS) is 20.8. The van der Waals surface area contributed by atoms with Crippen LogP contribution in [0.5, 0.6) is 0 Å². The number of aromatic nitrogens is 2. The Hall–Kier alpha value is -0.910. The van der Waals surface area contributed by atoms with E-state index in [0.29, 0.717) is 0 Å². The van der Waals surface area contributed by atoms with Crippen LogP contribution in [0.25, 0.3) is 0 Å². The smallest absolute Gasteiger partial charge is 0.0920 e. The fraction of sp³-hybridized carbons (Fsp3) is 0.769. The highest BCUT2D eigenvalue weighted by Crippen LogP contribution is 2.37. The maximum absolute atomic E-state index is 6.11. The molecule has 1 saturated heterocycles. The topological polar surface area (TPSA) is 48.3 Å². The first-order valence-corrected chi connectivity index (χ1v) is 6.59. The summed E-state index contributed by atoms with van der Waals surface area (Å²) in [7, 11) is 3.92. The van der Waals surface area contributed by atoms with Gasteiger partial charge >= 0.3 is 0 Å². The van der Waals surface area contributed by atoms with Crippen molar-refractivity contribution in [2.24, 2.45) is 7.05 Å². The minimum Gasteiger partial charge on any atom is -0.381 e. The monoisotopic (exact) mass is 253 g/mol. The van der Waals surface area contributed by atoms with Crippen molar-refractivity contribution in [3.05, 3.63) is 18.0 Å². The third-order valence-electron chi connectivity index (χ3n) is 3.64. The van der Waals surface area contributed by atoms with Crippen LogP contribution >= 0.6 is 0 Å². The SMILES string of the molecule is CCOC1(C(NC)c2cnn(C)c2)CCOCC1. The molecule has 0 aliphatic carbocycles. The molecule has 2 heterocycles. The van der Waals surface area contributed by atoms with E-state index in [2.05, 4.69) is 16.6 Å². The van der Waals surface area contributed by atoms with Gasteiger partial charge in [0, 0.05) is 51.5 Å². The zero-order valence-corrected chi connectivity index (χ0v) is 11.5. The van der Waals surface area contributed by atoms with Crippen molar-refractivity contribution in [1.82, 2.24) is 15.1 Å². The molecule has 1 atom stereocenters. The van der Waals surface area contributed by atoms with Crippen molar-refractivity contribution in [3.8, 4) is 0 Å². The van der Waals surface area contributed by atoms with E-state index in [1.54, 1.807) is 0 Å². The first-order chi connectivity index (χ1) is 8.72. The first-order valence-electron chi connectivity index (χ1n) is 6.59. The number of nitrogens with zero attached hydrogens (tertiary/aromatic N) is 2. The van der Waals surface area contributed by atoms with Crippen molar-refractivity contribution in [3.63, 3.8) is 0 Å². The standard InChI is InChI=1S/C13H23N3O2/c1-4-18-13(5-7-17-8-6-13)12(14-2)11-9-15-16(3)10-11/h9-10,12,14H,4-8H2,1-3H3. The molecule has 1 fully saturated rings. The average Bonchev–Trinajstić information content (AvgIpc) is 2.78. The summed E-state index contributed by atoms with van der Waals surface area (Å²) < 4.78 is 13.4. The highest BCUT2D eigenvalue weighted by molar-refractivity contribution is 5.16. The molecule has 0 aromatic carbocycles. The van der Waals surface area contributed by atoms with Gasteiger partial charge in [0.25, 0.3) is 0 Å². The second kappa shape index (κ2) is 5.82. The molecule has 18 heavy (non-hydrogen) atoms. The Morgan fingerprint density at radius 3 is 2.78 bits per heavy atom. The van der Waals surface area contributed by atoms with Crippen molar-refractivity contribution in [1.29, 1.82) is 0 Å². The maximum Gasteiger partial charge on any atom is 0.0920 e. The summed E-state index contributed by atoms with van der Waals surface area (Å²) in [4.78, 5) is 0. The van der Waals surface area contributed by atoms with E-state index in [1.165, 1.54) is 5.56 Å². The molecule has 1 aliphatic heterocycles. The molecule has 1 aliphatic rings. The lowest BCUT2D eigenvalue weighted by atomic mass is 9.83. The fourth-order valence-corrected chi connectivity index (χ4v) is 2.84. The third-order valence-corrected chi connectivity index (χ3v) is 3.64. The first kappa shape index (κ1) is 13.5. The molecule has 2 rings (SSSR count). The molecular weight excluding hydrogens is 230 g/mol. The van der Waals surface area contributed by atoms with Gasteiger partial charge in [-0.2, -0.15) is 5.10 Å². The minimum atomic E-state index is -0.176. The summed E-state index contributed by atoms with van der Waals surface area (Å²) >= 11 is 0. The van der Waals surface area contributed by atoms with Gasteiger partial charge in [0.15, 0.2) is 0 Å². The van der Waals surface area contributed by atoms with Gasteiger partial charge in [-0.25, -0.2) is 0 Å². The van der Waals surface area contributed by atoms with E-state index in [4.69, 9.17) is 9.47 Å². The summed E-state index contributed by atoms with van der Waals surface area (Å²) in [5.74, 6) is 0. The number of ether oxygens (including phenoxy) is 2. The van der Waals surface area contributed by atoms with Gasteiger partial charge in [0.2, 0.25) is 0 Å². The number of likely N-dealkylation sites (N-methyl/N-ethyl adjacent to an activating group) is 1. The average molecular weight is 253 g/mol. The lowest BCUT2D eigenvalue weighted by molar-refractivity contribution is -0.127. The van der Waals surface area contributed by atoms with Crippen molar-refractivity contribution in [2.75, 3.05) is 26.9 Å². The minimum absolute atomic E-state index is 0.162. The molecule has 1 N–H and O–H groups in total. The zero-order chi connectivity index (χ0) is 13.0. The van der Waals surface area contributed by atoms with Crippen LogP contribution in [0.1, 0.15) is 31.4 Å². The van der Waals surface area contributed by atoms with Crippen LogP contribution < -0.4 is 5.32 Å². The van der Waals surface area contributed by atoms with E-state index in [0.717, 1.165) is 32.7 Å². The van der Waals surface area contributed by atoms with Crippen LogP contribution in [0.2, 0.25) is 0 Å². The van der Waals surface area contributed by atoms with Crippen molar-refractivity contribution < 1.29 is 9.47 Å². The van der Waals surface area contributed by atoms with E-state index in [1.807, 2.05) is 31.9 Å². The van der Waals surface area contributed by atoms with Gasteiger partial charge in [-0.15, -0.1) is 0 Å². The quantitative estimate of drug-likeness (QED) is 0.858. The Bertz CT molecular complexity index is 367. The van der Waals surface area contributed by atoms with Gasteiger partial charge in [-0.1, -0.05) is 0 Å². The highest BCUT2D eigenvalue weighted by atomic mass is 16.5. The predicted molar refractivity (Wildman–Crippen MR) is 69.4 cm³/mol. The molecule has 0 saturated carbocycles. The number of aryl methyl sites for hydroxylation is 1. The van der Waals surface area contributed by atoms with Crippen LogP contribution in [0, 0.1) is 0 Å². The third kappa shape index (κ3) is 2.58. The summed E-state index contributed by atoms with van der Waals surface area (Å²) in [5, 5.41) is 7.65. The number of nitrogens with one attached hydrogen (secondary N) is 1. The van der Waals surface area contributed by atoms with Crippen molar-refractivity contribution >= 4 is 0 Å². The molecular formula is C13H23N3O2. The second-order valence-electron chi connectivity index (χ2n) is 4.78. The number of rotatable bonds is 5. The summed E-state index contributed by atoms with van der Waals surface area (Å²) in [5.41, 5.74) is 1.00. The lowest BCUT2D eigenvalue weighted by Crippen LogP contribution is -2.49. The predicted octanol–water partition coefficient (Wildman–Crippen LogP) is 1.27. The molecule has 1 aromatic heterocycles. The highest BCUT2D eigenvalue weighted by Gasteiger charge is 2.41. The van der Waals surface area contributed by atoms with Gasteiger partial charge in [-0.3, -0.25) is 4.68 Å². The van der Waals surface area contributed by atoms with Crippen LogP contribution in [0.15, 0.2) is 12.4 Å². The summed E-state index contributed by atoms with van der Waals surface area (Å²) in [6, 6.07) is 0.162. The Morgan fingerprint density at radius 1 is 1.56 bits per heavy atom. The zero-order valence-electron chi connectivity index (χ0n) is 11.5. The molecule has 1 aromatic rings. The second-order valence-corrected chi connectivity index (χ2v) is 4.78. The van der Waals surface area contributed by atoms with E-state index in [-0.39, 0.29) is 11.6 Å². The molecule has 1 unspecified atom stereocenters. The van der Waals surface area contributed by atoms with Gasteiger partial charge in [0.1, 0.15) is 0 Å². The van der Waals surface area contributed by atoms with Gasteiger partial charge < -0.3 is 14.8 Å². The van der Waals surface area contributed by atoms with Gasteiger partial charge in [-0.05, 0) is 14.0 Å². The molecule has 0 amide bonds. The van der Waals surface area contributed by atoms with Crippen LogP contribution in [0.4, 0.5) is 0 Å². The summed E-state index contributed by atoms with van der Waals surface area (Å²) in [6.07, 6.45) is 5.80. The van der Waals surface area contributed by atoms with E-state index < -0.39 is 0 Å². The van der Waals surface area contributed by atoms with Crippen LogP contribution in [-0.2, 0) is 16.5 Å². The summed E-state index contributed by atoms with van der Waals surface area (Å²) in [6.45, 7) is 4.29. The molecule has 0 spiro atoms. The molecule has 5 heteroatoms. The van der Waals surface area contributed by atoms with Crippen LogP contribution in [0.3, 0.4) is 0 Å². The Morgan fingerprint density at radius 2 is 2.28 bits per heavy atom. The Labute approximate surface area is 108 Å². The van der Waals surface area contributed by atoms with Crippen molar-refractivity contribution in [2.45, 2.75) is 31.4 Å². The van der Waals surface area contributed by atoms with Crippen LogP contribution in [-0.4, -0.2) is 42.2 Å². The molecule has 5 nitrogen and oxygen atoms in total. The Balaban J connectivity index is 2.26. The largest absolute Gasteiger partial charge is 0.381 e.